The lowest BCUT2D eigenvalue weighted by Crippen LogP contribution is -2.25. The highest BCUT2D eigenvalue weighted by molar-refractivity contribution is 7.85. The summed E-state index contributed by atoms with van der Waals surface area (Å²) in [6.07, 6.45) is 3.67. The summed E-state index contributed by atoms with van der Waals surface area (Å²) in [6.45, 7) is 0. The highest BCUT2D eigenvalue weighted by Crippen LogP contribution is 2.43. The van der Waals surface area contributed by atoms with Crippen LogP contribution in [0.3, 0.4) is 0 Å². The minimum atomic E-state index is -3.25. The Morgan fingerprint density at radius 1 is 0.365 bits per heavy atom. The second-order valence-electron chi connectivity index (χ2n) is 13.2. The molecule has 0 N–H and O–H groups in total. The maximum Gasteiger partial charge on any atom is 0.172 e. The summed E-state index contributed by atoms with van der Waals surface area (Å²) in [6, 6.07) is 62.9. The van der Waals surface area contributed by atoms with Crippen LogP contribution >= 0.6 is 7.14 Å². The van der Waals surface area contributed by atoms with E-state index in [0.29, 0.717) is 5.30 Å². The molecule has 0 radical (unpaired) electrons. The fourth-order valence-electron chi connectivity index (χ4n) is 7.90. The van der Waals surface area contributed by atoms with Crippen LogP contribution in [0.15, 0.2) is 194 Å². The summed E-state index contributed by atoms with van der Waals surface area (Å²) in [5.41, 5.74) is 8.50. The van der Waals surface area contributed by atoms with Crippen LogP contribution in [0, 0.1) is 0 Å². The standard InChI is InChI=1S/C47H32N3OP/c51-52(37-15-3-1-4-16-37,38-17-5-2-6-18-38)39-29-34(31-48-32-39)33-27-35(49-44-23-11-7-19-40(44)41-20-8-12-24-45(41)49)30-36(28-33)50-46-25-13-9-21-42(46)43-22-10-14-26-47(43)50/h1-32H. The average Bonchev–Trinajstić information content (AvgIpc) is 3.74. The predicted molar refractivity (Wildman–Crippen MR) is 218 cm³/mol. The number of pyridine rings is 1. The van der Waals surface area contributed by atoms with E-state index >= 15 is 4.57 Å². The molecule has 0 aliphatic heterocycles. The molecule has 0 fully saturated rings. The number of hydrogen-bond acceptors (Lipinski definition) is 2. The second kappa shape index (κ2) is 12.1. The van der Waals surface area contributed by atoms with Gasteiger partial charge in [0.05, 0.1) is 22.1 Å². The first kappa shape index (κ1) is 30.4. The Bertz CT molecular complexity index is 2720. The number of nitrogens with zero attached hydrogens (tertiary/aromatic N) is 3. The molecule has 10 rings (SSSR count). The van der Waals surface area contributed by atoms with Gasteiger partial charge in [0.2, 0.25) is 0 Å². The number of hydrogen-bond donors (Lipinski definition) is 0. The van der Waals surface area contributed by atoms with Crippen molar-refractivity contribution in [2.45, 2.75) is 0 Å². The Morgan fingerprint density at radius 3 is 1.17 bits per heavy atom. The van der Waals surface area contributed by atoms with Gasteiger partial charge in [-0.25, -0.2) is 0 Å². The van der Waals surface area contributed by atoms with Crippen LogP contribution in [0.2, 0.25) is 0 Å². The van der Waals surface area contributed by atoms with Crippen molar-refractivity contribution in [3.05, 3.63) is 194 Å². The zero-order valence-corrected chi connectivity index (χ0v) is 29.1. The molecule has 0 saturated heterocycles. The molecule has 3 heterocycles. The SMILES string of the molecule is O=P(c1ccccc1)(c1ccccc1)c1cncc(-c2cc(-n3c4ccccc4c4ccccc43)cc(-n3c4ccccc4c4ccccc43)c2)c1. The molecule has 52 heavy (non-hydrogen) atoms. The highest BCUT2D eigenvalue weighted by Gasteiger charge is 2.30. The number of benzene rings is 7. The molecule has 0 aliphatic carbocycles. The molecule has 246 valence electrons. The van der Waals surface area contributed by atoms with Gasteiger partial charge in [-0.2, -0.15) is 0 Å². The summed E-state index contributed by atoms with van der Waals surface area (Å²) < 4.78 is 20.2. The van der Waals surface area contributed by atoms with E-state index in [1.165, 1.54) is 21.5 Å². The lowest BCUT2D eigenvalue weighted by atomic mass is 10.1. The zero-order chi connectivity index (χ0) is 34.6. The lowest BCUT2D eigenvalue weighted by Gasteiger charge is -2.20. The van der Waals surface area contributed by atoms with Crippen LogP contribution in [0.5, 0.6) is 0 Å². The largest absolute Gasteiger partial charge is 0.309 e. The molecule has 7 aromatic carbocycles. The van der Waals surface area contributed by atoms with Gasteiger partial charge in [0, 0.05) is 66.8 Å². The van der Waals surface area contributed by atoms with Crippen LogP contribution < -0.4 is 15.9 Å². The fraction of sp³-hybridized carbons (Fsp3) is 0. The Balaban J connectivity index is 1.27. The maximum atomic E-state index is 15.4. The van der Waals surface area contributed by atoms with E-state index in [-0.39, 0.29) is 0 Å². The van der Waals surface area contributed by atoms with Gasteiger partial charge in [0.15, 0.2) is 7.14 Å². The molecule has 0 atom stereocenters. The van der Waals surface area contributed by atoms with Gasteiger partial charge < -0.3 is 13.7 Å². The second-order valence-corrected chi connectivity index (χ2v) is 16.0. The summed E-state index contributed by atoms with van der Waals surface area (Å²) in [5.74, 6) is 0. The lowest BCUT2D eigenvalue weighted by molar-refractivity contribution is 0.592. The first-order valence-corrected chi connectivity index (χ1v) is 19.2. The molecule has 5 heteroatoms. The van der Waals surface area contributed by atoms with Gasteiger partial charge in [0.25, 0.3) is 0 Å². The molecule has 0 saturated carbocycles. The average molecular weight is 686 g/mol. The van der Waals surface area contributed by atoms with E-state index < -0.39 is 7.14 Å². The van der Waals surface area contributed by atoms with Crippen LogP contribution in [-0.4, -0.2) is 14.1 Å². The van der Waals surface area contributed by atoms with Crippen molar-refractivity contribution in [1.29, 1.82) is 0 Å². The van der Waals surface area contributed by atoms with E-state index in [1.54, 1.807) is 6.20 Å². The van der Waals surface area contributed by atoms with Gasteiger partial charge in [-0.05, 0) is 54.1 Å². The first-order valence-electron chi connectivity index (χ1n) is 17.5. The monoisotopic (exact) mass is 685 g/mol. The third-order valence-corrected chi connectivity index (χ3v) is 13.3. The fourth-order valence-corrected chi connectivity index (χ4v) is 10.5. The Kier molecular flexibility index (Phi) is 7.06. The van der Waals surface area contributed by atoms with E-state index in [4.69, 9.17) is 4.98 Å². The molecule has 0 bridgehead atoms. The summed E-state index contributed by atoms with van der Waals surface area (Å²) in [4.78, 5) is 4.78. The molecule has 4 nitrogen and oxygen atoms in total. The Labute approximate surface area is 301 Å². The van der Waals surface area contributed by atoms with Crippen LogP contribution in [0.4, 0.5) is 0 Å². The third-order valence-electron chi connectivity index (χ3n) is 10.2. The first-order chi connectivity index (χ1) is 25.7. The molecular formula is C47H32N3OP. The van der Waals surface area contributed by atoms with Crippen LogP contribution in [-0.2, 0) is 4.57 Å². The number of aromatic nitrogens is 3. The van der Waals surface area contributed by atoms with Crippen LogP contribution in [0.25, 0.3) is 66.1 Å². The Hall–Kier alpha value is -6.48. The van der Waals surface area contributed by atoms with Crippen molar-refractivity contribution in [2.24, 2.45) is 0 Å². The van der Waals surface area contributed by atoms with Crippen molar-refractivity contribution in [1.82, 2.24) is 14.1 Å². The quantitative estimate of drug-likeness (QED) is 0.164. The van der Waals surface area contributed by atoms with E-state index in [9.17, 15) is 0 Å². The number of para-hydroxylation sites is 4. The van der Waals surface area contributed by atoms with Gasteiger partial charge in [-0.1, -0.05) is 133 Å². The van der Waals surface area contributed by atoms with E-state index in [1.807, 2.05) is 66.9 Å². The Morgan fingerprint density at radius 2 is 0.750 bits per heavy atom. The van der Waals surface area contributed by atoms with Crippen molar-refractivity contribution < 1.29 is 4.57 Å². The van der Waals surface area contributed by atoms with Gasteiger partial charge >= 0.3 is 0 Å². The van der Waals surface area contributed by atoms with E-state index in [2.05, 4.69) is 130 Å². The normalized spacial score (nSPS) is 11.9. The van der Waals surface area contributed by atoms with Gasteiger partial charge in [-0.3, -0.25) is 4.98 Å². The predicted octanol–water partition coefficient (Wildman–Crippen LogP) is 10.6. The molecule has 3 aromatic heterocycles. The molecule has 0 amide bonds. The van der Waals surface area contributed by atoms with Crippen molar-refractivity contribution >= 4 is 66.7 Å². The maximum absolute atomic E-state index is 15.4. The topological polar surface area (TPSA) is 39.8 Å². The smallest absolute Gasteiger partial charge is 0.172 e. The van der Waals surface area contributed by atoms with Crippen molar-refractivity contribution in [3.8, 4) is 22.5 Å². The number of rotatable bonds is 6. The molecule has 0 spiro atoms. The number of fused-ring (bicyclic) bond motifs is 6. The summed E-state index contributed by atoms with van der Waals surface area (Å²) in [5, 5.41) is 7.09. The molecule has 0 unspecified atom stereocenters. The highest BCUT2D eigenvalue weighted by atomic mass is 31.2. The minimum Gasteiger partial charge on any atom is -0.309 e. The van der Waals surface area contributed by atoms with Crippen molar-refractivity contribution in [2.75, 3.05) is 0 Å². The van der Waals surface area contributed by atoms with E-state index in [0.717, 1.165) is 55.2 Å². The zero-order valence-electron chi connectivity index (χ0n) is 28.2. The minimum absolute atomic E-state index is 0.697. The third kappa shape index (κ3) is 4.69. The summed E-state index contributed by atoms with van der Waals surface area (Å²) in [7, 11) is -3.25. The van der Waals surface area contributed by atoms with Gasteiger partial charge in [-0.15, -0.1) is 0 Å². The molecule has 10 aromatic rings. The summed E-state index contributed by atoms with van der Waals surface area (Å²) >= 11 is 0. The van der Waals surface area contributed by atoms with Crippen molar-refractivity contribution in [3.63, 3.8) is 0 Å². The molecule has 0 aliphatic rings. The van der Waals surface area contributed by atoms with Gasteiger partial charge in [0.1, 0.15) is 0 Å². The van der Waals surface area contributed by atoms with Crippen LogP contribution in [0.1, 0.15) is 0 Å². The molecular weight excluding hydrogens is 654 g/mol.